The van der Waals surface area contributed by atoms with Crippen molar-refractivity contribution >= 4 is 22.5 Å². The lowest BCUT2D eigenvalue weighted by molar-refractivity contribution is 0.129. The van der Waals surface area contributed by atoms with Crippen LogP contribution in [0.1, 0.15) is 16.7 Å². The van der Waals surface area contributed by atoms with Gasteiger partial charge in [0, 0.05) is 28.6 Å². The van der Waals surface area contributed by atoms with Gasteiger partial charge in [0.15, 0.2) is 0 Å². The summed E-state index contributed by atoms with van der Waals surface area (Å²) in [4.78, 5) is 4.69. The summed E-state index contributed by atoms with van der Waals surface area (Å²) in [7, 11) is 5.82. The molecule has 0 bridgehead atoms. The fraction of sp³-hybridized carbons (Fsp3) is 0.286. The van der Waals surface area contributed by atoms with Gasteiger partial charge in [0.1, 0.15) is 11.4 Å². The quantitative estimate of drug-likeness (QED) is 0.523. The van der Waals surface area contributed by atoms with E-state index in [1.54, 1.807) is 0 Å². The van der Waals surface area contributed by atoms with Gasteiger partial charge in [-0.05, 0) is 50.5 Å². The molecule has 5 nitrogen and oxygen atoms in total. The molecule has 2 heterocycles. The van der Waals surface area contributed by atoms with Gasteiger partial charge >= 0.3 is 0 Å². The summed E-state index contributed by atoms with van der Waals surface area (Å²) in [5.74, 6) is -0.521. The molecule has 1 aliphatic rings. The van der Waals surface area contributed by atoms with Crippen LogP contribution in [0, 0.1) is 0 Å². The second-order valence-corrected chi connectivity index (χ2v) is 7.30. The van der Waals surface area contributed by atoms with Crippen LogP contribution >= 0.6 is 11.6 Å². The molecule has 140 valence electrons. The van der Waals surface area contributed by atoms with Crippen molar-refractivity contribution in [1.29, 1.82) is 0 Å². The van der Waals surface area contributed by atoms with Crippen molar-refractivity contribution in [2.45, 2.75) is 17.9 Å². The Morgan fingerprint density at radius 1 is 1.00 bits per heavy atom. The van der Waals surface area contributed by atoms with E-state index in [1.165, 1.54) is 0 Å². The maximum Gasteiger partial charge on any atom is 0.129 e. The van der Waals surface area contributed by atoms with Crippen LogP contribution in [-0.4, -0.2) is 31.9 Å². The number of aromatic nitrogens is 1. The number of pyridine rings is 1. The molecule has 0 fully saturated rings. The maximum absolute atomic E-state index is 6.62. The molecule has 27 heavy (non-hydrogen) atoms. The average Bonchev–Trinajstić information content (AvgIpc) is 2.73. The lowest BCUT2D eigenvalue weighted by Gasteiger charge is -2.50. The zero-order valence-corrected chi connectivity index (χ0v) is 16.5. The van der Waals surface area contributed by atoms with Gasteiger partial charge < -0.3 is 0 Å². The summed E-state index contributed by atoms with van der Waals surface area (Å²) >= 11 is 6.62. The number of nitrogens with zero attached hydrogens (tertiary/aromatic N) is 1. The van der Waals surface area contributed by atoms with Crippen molar-refractivity contribution in [3.8, 4) is 0 Å². The van der Waals surface area contributed by atoms with Gasteiger partial charge in [-0.3, -0.25) is 26.3 Å². The SMILES string of the molecule is CNC1(NC)Cc2c(Cl)cccc2C(NC)(c2cnc3ccccc3c2)N1. The second-order valence-electron chi connectivity index (χ2n) is 6.89. The summed E-state index contributed by atoms with van der Waals surface area (Å²) in [6.07, 6.45) is 2.64. The minimum Gasteiger partial charge on any atom is -0.295 e. The van der Waals surface area contributed by atoms with Crippen molar-refractivity contribution in [2.75, 3.05) is 21.1 Å². The number of hydrogen-bond donors (Lipinski definition) is 4. The summed E-state index contributed by atoms with van der Waals surface area (Å²) in [6.45, 7) is 0. The third-order valence-corrected chi connectivity index (χ3v) is 5.97. The molecule has 0 saturated heterocycles. The van der Waals surface area contributed by atoms with Crippen LogP contribution < -0.4 is 21.3 Å². The van der Waals surface area contributed by atoms with E-state index in [0.717, 1.165) is 32.6 Å². The van der Waals surface area contributed by atoms with Crippen LogP contribution in [0.5, 0.6) is 0 Å². The molecule has 1 aromatic heterocycles. The molecular formula is C21H24ClN5. The van der Waals surface area contributed by atoms with Crippen molar-refractivity contribution in [3.05, 3.63) is 76.4 Å². The monoisotopic (exact) mass is 381 g/mol. The van der Waals surface area contributed by atoms with Crippen molar-refractivity contribution in [2.24, 2.45) is 0 Å². The average molecular weight is 382 g/mol. The highest BCUT2D eigenvalue weighted by Crippen LogP contribution is 2.39. The van der Waals surface area contributed by atoms with Crippen LogP contribution in [-0.2, 0) is 12.1 Å². The van der Waals surface area contributed by atoms with Gasteiger partial charge in [0.2, 0.25) is 0 Å². The first-order valence-corrected chi connectivity index (χ1v) is 9.44. The van der Waals surface area contributed by atoms with E-state index in [-0.39, 0.29) is 0 Å². The van der Waals surface area contributed by atoms with Gasteiger partial charge in [0.05, 0.1) is 5.52 Å². The molecule has 0 radical (unpaired) electrons. The fourth-order valence-corrected chi connectivity index (χ4v) is 4.30. The second kappa shape index (κ2) is 6.86. The number of nitrogens with one attached hydrogen (secondary N) is 4. The highest BCUT2D eigenvalue weighted by molar-refractivity contribution is 6.31. The lowest BCUT2D eigenvalue weighted by Crippen LogP contribution is -2.75. The molecule has 1 atom stereocenters. The van der Waals surface area contributed by atoms with E-state index in [1.807, 2.05) is 57.7 Å². The number of likely N-dealkylation sites (N-methyl/N-ethyl adjacent to an activating group) is 2. The fourth-order valence-electron chi connectivity index (χ4n) is 4.06. The van der Waals surface area contributed by atoms with Crippen LogP contribution in [0.2, 0.25) is 5.02 Å². The minimum atomic E-state index is -0.651. The molecule has 4 rings (SSSR count). The number of fused-ring (bicyclic) bond motifs is 2. The highest BCUT2D eigenvalue weighted by Gasteiger charge is 2.47. The molecule has 0 spiro atoms. The zero-order chi connectivity index (χ0) is 19.1. The Bertz CT molecular complexity index is 985. The Balaban J connectivity index is 2.00. The zero-order valence-electron chi connectivity index (χ0n) is 15.7. The van der Waals surface area contributed by atoms with Crippen molar-refractivity contribution in [3.63, 3.8) is 0 Å². The van der Waals surface area contributed by atoms with Gasteiger partial charge in [-0.25, -0.2) is 0 Å². The molecule has 1 aliphatic heterocycles. The molecule has 0 amide bonds. The molecule has 0 aliphatic carbocycles. The standard InChI is InChI=1S/C21H24ClN5/c1-23-20(24-2)12-16-17(8-6-9-18(16)22)21(25-3,27-20)15-11-14-7-4-5-10-19(14)26-13-15/h4-11,13,23-25,27H,12H2,1-3H3. The van der Waals surface area contributed by atoms with E-state index >= 15 is 0 Å². The Hall–Kier alpha value is -2.02. The van der Waals surface area contributed by atoms with E-state index in [9.17, 15) is 0 Å². The Morgan fingerprint density at radius 3 is 2.52 bits per heavy atom. The molecular weight excluding hydrogens is 358 g/mol. The summed E-state index contributed by atoms with van der Waals surface area (Å²) in [6, 6.07) is 16.4. The summed E-state index contributed by atoms with van der Waals surface area (Å²) in [5, 5.41) is 15.9. The Kier molecular flexibility index (Phi) is 4.66. The van der Waals surface area contributed by atoms with Gasteiger partial charge in [-0.15, -0.1) is 0 Å². The Labute approximate surface area is 164 Å². The van der Waals surface area contributed by atoms with E-state index in [4.69, 9.17) is 16.6 Å². The largest absolute Gasteiger partial charge is 0.295 e. The predicted octanol–water partition coefficient (Wildman–Crippen LogP) is 2.55. The first-order valence-electron chi connectivity index (χ1n) is 9.07. The summed E-state index contributed by atoms with van der Waals surface area (Å²) in [5.41, 5.74) is 3.56. The highest BCUT2D eigenvalue weighted by atomic mass is 35.5. The summed E-state index contributed by atoms with van der Waals surface area (Å²) < 4.78 is 0. The van der Waals surface area contributed by atoms with Gasteiger partial charge in [-0.1, -0.05) is 41.9 Å². The molecule has 1 unspecified atom stereocenters. The molecule has 3 aromatic rings. The molecule has 0 saturated carbocycles. The number of para-hydroxylation sites is 1. The van der Waals surface area contributed by atoms with Gasteiger partial charge in [0.25, 0.3) is 0 Å². The maximum atomic E-state index is 6.62. The topological polar surface area (TPSA) is 61.0 Å². The van der Waals surface area contributed by atoms with Gasteiger partial charge in [-0.2, -0.15) is 0 Å². The first-order chi connectivity index (χ1) is 13.1. The smallest absolute Gasteiger partial charge is 0.129 e. The predicted molar refractivity (Wildman–Crippen MR) is 111 cm³/mol. The number of halogens is 1. The number of hydrogen-bond acceptors (Lipinski definition) is 5. The molecule has 6 heteroatoms. The van der Waals surface area contributed by atoms with Crippen molar-refractivity contribution in [1.82, 2.24) is 26.3 Å². The molecule has 2 aromatic carbocycles. The third kappa shape index (κ3) is 2.83. The van der Waals surface area contributed by atoms with Crippen LogP contribution in [0.4, 0.5) is 0 Å². The Morgan fingerprint density at radius 2 is 1.78 bits per heavy atom. The number of benzene rings is 2. The van der Waals surface area contributed by atoms with Crippen LogP contribution in [0.3, 0.4) is 0 Å². The minimum absolute atomic E-state index is 0.521. The number of rotatable bonds is 4. The van der Waals surface area contributed by atoms with E-state index < -0.39 is 11.4 Å². The third-order valence-electron chi connectivity index (χ3n) is 5.62. The van der Waals surface area contributed by atoms with Crippen LogP contribution in [0.25, 0.3) is 10.9 Å². The lowest BCUT2D eigenvalue weighted by atomic mass is 9.81. The van der Waals surface area contributed by atoms with Crippen LogP contribution in [0.15, 0.2) is 54.7 Å². The molecule has 4 N–H and O–H groups in total. The van der Waals surface area contributed by atoms with E-state index in [0.29, 0.717) is 6.42 Å². The normalized spacial score (nSPS) is 21.2. The van der Waals surface area contributed by atoms with E-state index in [2.05, 4.69) is 39.5 Å². The van der Waals surface area contributed by atoms with Crippen molar-refractivity contribution < 1.29 is 0 Å². The first kappa shape index (κ1) is 18.3.